The highest BCUT2D eigenvalue weighted by Crippen LogP contribution is 2.33. The van der Waals surface area contributed by atoms with Gasteiger partial charge in [0.05, 0.1) is 12.3 Å². The highest BCUT2D eigenvalue weighted by atomic mass is 32.2. The third kappa shape index (κ3) is 5.02. The lowest BCUT2D eigenvalue weighted by Gasteiger charge is -2.15. The summed E-state index contributed by atoms with van der Waals surface area (Å²) in [6.45, 7) is 4.96. The van der Waals surface area contributed by atoms with E-state index in [1.165, 1.54) is 11.8 Å². The molecule has 8 heteroatoms. The minimum Gasteiger partial charge on any atom is -0.454 e. The van der Waals surface area contributed by atoms with Gasteiger partial charge in [0.1, 0.15) is 0 Å². The normalized spacial score (nSPS) is 12.4. The molecule has 0 aliphatic carbocycles. The van der Waals surface area contributed by atoms with Gasteiger partial charge in [-0.2, -0.15) is 0 Å². The number of rotatable bonds is 9. The monoisotopic (exact) mass is 438 g/mol. The van der Waals surface area contributed by atoms with Gasteiger partial charge in [-0.1, -0.05) is 62.0 Å². The van der Waals surface area contributed by atoms with Gasteiger partial charge in [0.2, 0.25) is 12.7 Å². The van der Waals surface area contributed by atoms with Crippen LogP contribution in [0.1, 0.15) is 32.3 Å². The first kappa shape index (κ1) is 21.2. The maximum atomic E-state index is 12.4. The number of hydrogen-bond acceptors (Lipinski definition) is 6. The molecule has 0 bridgehead atoms. The highest BCUT2D eigenvalue weighted by molar-refractivity contribution is 7.99. The Bertz CT molecular complexity index is 1030. The Kier molecular flexibility index (Phi) is 6.76. The number of thioether (sulfide) groups is 1. The number of nitrogens with zero attached hydrogens (tertiary/aromatic N) is 3. The second-order valence-electron chi connectivity index (χ2n) is 7.32. The van der Waals surface area contributed by atoms with Crippen LogP contribution in [-0.2, 0) is 11.3 Å². The van der Waals surface area contributed by atoms with Gasteiger partial charge < -0.3 is 14.8 Å². The van der Waals surface area contributed by atoms with Crippen molar-refractivity contribution in [2.24, 2.45) is 0 Å². The van der Waals surface area contributed by atoms with E-state index in [2.05, 4.69) is 29.4 Å². The fraction of sp³-hybridized carbons (Fsp3) is 0.348. The third-order valence-electron chi connectivity index (χ3n) is 5.21. The molecule has 2 heterocycles. The summed E-state index contributed by atoms with van der Waals surface area (Å²) in [6, 6.07) is 16.1. The molecule has 0 atom stereocenters. The predicted molar refractivity (Wildman–Crippen MR) is 120 cm³/mol. The van der Waals surface area contributed by atoms with Crippen LogP contribution in [0.4, 0.5) is 0 Å². The van der Waals surface area contributed by atoms with Crippen LogP contribution in [0.5, 0.6) is 11.5 Å². The fourth-order valence-corrected chi connectivity index (χ4v) is 4.20. The van der Waals surface area contributed by atoms with Gasteiger partial charge >= 0.3 is 0 Å². The Morgan fingerprint density at radius 3 is 2.65 bits per heavy atom. The largest absolute Gasteiger partial charge is 0.454 e. The average molecular weight is 439 g/mol. The summed E-state index contributed by atoms with van der Waals surface area (Å²) in [4.78, 5) is 12.4. The maximum absolute atomic E-state index is 12.4. The lowest BCUT2D eigenvalue weighted by Crippen LogP contribution is -2.35. The summed E-state index contributed by atoms with van der Waals surface area (Å²) in [5, 5.41) is 12.6. The van der Waals surface area contributed by atoms with Gasteiger partial charge in [-0.3, -0.25) is 9.36 Å². The maximum Gasteiger partial charge on any atom is 0.231 e. The summed E-state index contributed by atoms with van der Waals surface area (Å²) in [5.41, 5.74) is 2.02. The van der Waals surface area contributed by atoms with Crippen molar-refractivity contribution < 1.29 is 14.3 Å². The molecule has 0 spiro atoms. The van der Waals surface area contributed by atoms with E-state index < -0.39 is 0 Å². The molecule has 1 N–H and O–H groups in total. The molecule has 2 aromatic carbocycles. The van der Waals surface area contributed by atoms with E-state index in [1.807, 2.05) is 53.1 Å². The van der Waals surface area contributed by atoms with Crippen LogP contribution < -0.4 is 14.8 Å². The molecule has 0 radical (unpaired) electrons. The van der Waals surface area contributed by atoms with E-state index in [0.717, 1.165) is 41.3 Å². The van der Waals surface area contributed by atoms with E-state index in [9.17, 15) is 4.79 Å². The number of fused-ring (bicyclic) bond motifs is 1. The second kappa shape index (κ2) is 9.87. The smallest absolute Gasteiger partial charge is 0.231 e. The number of carbonyl (C=O) groups is 1. The average Bonchev–Trinajstić information content (AvgIpc) is 3.43. The molecular weight excluding hydrogens is 412 g/mol. The summed E-state index contributed by atoms with van der Waals surface area (Å²) in [5.74, 6) is 2.57. The summed E-state index contributed by atoms with van der Waals surface area (Å²) in [6.07, 6.45) is 1.84. The number of ether oxygens (including phenoxy) is 2. The van der Waals surface area contributed by atoms with Gasteiger partial charge in [-0.25, -0.2) is 0 Å². The van der Waals surface area contributed by atoms with E-state index in [1.54, 1.807) is 0 Å². The van der Waals surface area contributed by atoms with Crippen molar-refractivity contribution in [2.45, 2.75) is 44.4 Å². The minimum atomic E-state index is 0.0117. The molecule has 1 aromatic heterocycles. The third-order valence-corrected chi connectivity index (χ3v) is 6.18. The molecule has 4 rings (SSSR count). The predicted octanol–water partition coefficient (Wildman–Crippen LogP) is 4.12. The summed E-state index contributed by atoms with van der Waals surface area (Å²) in [7, 11) is 0. The van der Waals surface area contributed by atoms with Crippen LogP contribution in [0.3, 0.4) is 0 Å². The van der Waals surface area contributed by atoms with E-state index >= 15 is 0 Å². The molecule has 0 fully saturated rings. The Balaban J connectivity index is 1.57. The molecule has 7 nitrogen and oxygen atoms in total. The van der Waals surface area contributed by atoms with Gasteiger partial charge in [0.15, 0.2) is 22.5 Å². The molecule has 1 aliphatic heterocycles. The van der Waals surface area contributed by atoms with Crippen LogP contribution >= 0.6 is 11.8 Å². The topological polar surface area (TPSA) is 78.3 Å². The van der Waals surface area contributed by atoms with E-state index in [4.69, 9.17) is 9.47 Å². The van der Waals surface area contributed by atoms with Crippen molar-refractivity contribution in [3.63, 3.8) is 0 Å². The number of benzene rings is 2. The van der Waals surface area contributed by atoms with Gasteiger partial charge in [-0.05, 0) is 30.5 Å². The van der Waals surface area contributed by atoms with E-state index in [0.29, 0.717) is 17.5 Å². The molecule has 0 unspecified atom stereocenters. The standard InChI is InChI=1S/C23H26N4O3S/c1-3-18(4-2)24-21(28)14-31-23-26-25-22(17-8-6-5-7-9-17)27(23)13-16-10-11-19-20(12-16)30-15-29-19/h5-12,18H,3-4,13-15H2,1-2H3,(H,24,28). The molecule has 1 aliphatic rings. The summed E-state index contributed by atoms with van der Waals surface area (Å²) < 4.78 is 13.0. The molecule has 0 saturated heterocycles. The zero-order chi connectivity index (χ0) is 21.6. The fourth-order valence-electron chi connectivity index (χ4n) is 3.45. The Hall–Kier alpha value is -3.00. The Morgan fingerprint density at radius 2 is 1.87 bits per heavy atom. The number of carbonyl (C=O) groups excluding carboxylic acids is 1. The second-order valence-corrected chi connectivity index (χ2v) is 8.26. The minimum absolute atomic E-state index is 0.0117. The van der Waals surface area contributed by atoms with Crippen LogP contribution in [0.25, 0.3) is 11.4 Å². The van der Waals surface area contributed by atoms with Crippen molar-refractivity contribution in [3.8, 4) is 22.9 Å². The van der Waals surface area contributed by atoms with Crippen molar-refractivity contribution in [1.82, 2.24) is 20.1 Å². The zero-order valence-corrected chi connectivity index (χ0v) is 18.5. The number of amides is 1. The highest BCUT2D eigenvalue weighted by Gasteiger charge is 2.19. The van der Waals surface area contributed by atoms with Crippen LogP contribution in [0.2, 0.25) is 0 Å². The first-order chi connectivity index (χ1) is 15.2. The number of hydrogen-bond donors (Lipinski definition) is 1. The van der Waals surface area contributed by atoms with E-state index in [-0.39, 0.29) is 18.7 Å². The lowest BCUT2D eigenvalue weighted by atomic mass is 10.2. The molecule has 162 valence electrons. The SMILES string of the molecule is CCC(CC)NC(=O)CSc1nnc(-c2ccccc2)n1Cc1ccc2c(c1)OCO2. The number of aromatic nitrogens is 3. The van der Waals surface area contributed by atoms with Crippen molar-refractivity contribution in [1.29, 1.82) is 0 Å². The summed E-state index contributed by atoms with van der Waals surface area (Å²) >= 11 is 1.40. The van der Waals surface area contributed by atoms with Crippen molar-refractivity contribution in [3.05, 3.63) is 54.1 Å². The molecular formula is C23H26N4O3S. The molecule has 31 heavy (non-hydrogen) atoms. The van der Waals surface area contributed by atoms with Crippen molar-refractivity contribution in [2.75, 3.05) is 12.5 Å². The molecule has 0 saturated carbocycles. The molecule has 1 amide bonds. The van der Waals surface area contributed by atoms with Crippen molar-refractivity contribution >= 4 is 17.7 Å². The molecule has 3 aromatic rings. The first-order valence-corrected chi connectivity index (χ1v) is 11.5. The van der Waals surface area contributed by atoms with Crippen LogP contribution in [0, 0.1) is 0 Å². The van der Waals surface area contributed by atoms with Gasteiger partial charge in [-0.15, -0.1) is 10.2 Å². The van der Waals surface area contributed by atoms with Crippen LogP contribution in [0.15, 0.2) is 53.7 Å². The zero-order valence-electron chi connectivity index (χ0n) is 17.7. The lowest BCUT2D eigenvalue weighted by molar-refractivity contribution is -0.119. The first-order valence-electron chi connectivity index (χ1n) is 10.5. The van der Waals surface area contributed by atoms with Gasteiger partial charge in [0.25, 0.3) is 0 Å². The Labute approximate surface area is 186 Å². The quantitative estimate of drug-likeness (QED) is 0.507. The van der Waals surface area contributed by atoms with Crippen LogP contribution in [-0.4, -0.2) is 39.3 Å². The van der Waals surface area contributed by atoms with Gasteiger partial charge in [0, 0.05) is 11.6 Å². The number of nitrogens with one attached hydrogen (secondary N) is 1. The Morgan fingerprint density at radius 1 is 1.10 bits per heavy atom.